The molecule has 1 heterocycles. The molecule has 0 bridgehead atoms. The summed E-state index contributed by atoms with van der Waals surface area (Å²) in [5.74, 6) is -0.554. The Morgan fingerprint density at radius 3 is 2.02 bits per heavy atom. The highest BCUT2D eigenvalue weighted by Gasteiger charge is 2.44. The standard InChI is InChI=1S/C31H51N3O8/c1-2-3-4-5-6-7-8-9-10-11-12-13-17-20-25(41-30(39)23-18-15-14-16-19-23)24(33-34-32)22-40-31-29(38)28(37)27(36)26(21-35)42-31/h14-16,18-19,24-29,31,35-38H,2-13,17,20-22H2,1H3/t24?,25-,26-,27+,28+,29-,31-/m1/s1. The maximum absolute atomic E-state index is 12.9. The van der Waals surface area contributed by atoms with Crippen molar-refractivity contribution in [2.45, 2.75) is 140 Å². The summed E-state index contributed by atoms with van der Waals surface area (Å²) in [5, 5.41) is 43.6. The molecule has 11 heteroatoms. The van der Waals surface area contributed by atoms with Gasteiger partial charge in [-0.3, -0.25) is 0 Å². The van der Waals surface area contributed by atoms with Gasteiger partial charge in [0, 0.05) is 4.91 Å². The van der Waals surface area contributed by atoms with Crippen LogP contribution < -0.4 is 0 Å². The van der Waals surface area contributed by atoms with Gasteiger partial charge < -0.3 is 34.6 Å². The van der Waals surface area contributed by atoms with Gasteiger partial charge >= 0.3 is 5.97 Å². The van der Waals surface area contributed by atoms with E-state index in [4.69, 9.17) is 14.2 Å². The van der Waals surface area contributed by atoms with E-state index in [0.717, 1.165) is 25.7 Å². The quantitative estimate of drug-likeness (QED) is 0.0467. The van der Waals surface area contributed by atoms with Crippen molar-refractivity contribution in [3.63, 3.8) is 0 Å². The lowest BCUT2D eigenvalue weighted by Crippen LogP contribution is -2.59. The summed E-state index contributed by atoms with van der Waals surface area (Å²) in [6.07, 6.45) is 7.96. The maximum atomic E-state index is 12.9. The minimum absolute atomic E-state index is 0.280. The molecule has 7 atom stereocenters. The zero-order valence-corrected chi connectivity index (χ0v) is 25.0. The number of benzene rings is 1. The number of unbranched alkanes of at least 4 members (excludes halogenated alkanes) is 12. The average molecular weight is 594 g/mol. The third-order valence-corrected chi connectivity index (χ3v) is 7.77. The number of carbonyl (C=O) groups excluding carboxylic acids is 1. The fourth-order valence-electron chi connectivity index (χ4n) is 5.15. The summed E-state index contributed by atoms with van der Waals surface area (Å²) in [6, 6.07) is 7.58. The number of rotatable bonds is 22. The van der Waals surface area contributed by atoms with Gasteiger partial charge in [0.1, 0.15) is 30.5 Å². The SMILES string of the molecule is CCCCCCCCCCCCCCC[C@@H](OC(=O)c1ccccc1)C(CO[C@@H]1O[C@H](CO)[C@H](O)[C@H](O)[C@H]1O)N=[N+]=[N-]. The number of azide groups is 1. The lowest BCUT2D eigenvalue weighted by atomic mass is 9.99. The normalized spacial score (nSPS) is 23.6. The molecule has 0 amide bonds. The summed E-state index contributed by atoms with van der Waals surface area (Å²) in [6.45, 7) is 1.36. The number of aliphatic hydroxyl groups is 4. The fraction of sp³-hybridized carbons (Fsp3) is 0.774. The van der Waals surface area contributed by atoms with Crippen molar-refractivity contribution in [3.05, 3.63) is 46.3 Å². The van der Waals surface area contributed by atoms with Crippen LogP contribution in [-0.4, -0.2) is 82.5 Å². The van der Waals surface area contributed by atoms with E-state index in [-0.39, 0.29) is 6.61 Å². The Bertz CT molecular complexity index is 899. The molecule has 0 aliphatic carbocycles. The van der Waals surface area contributed by atoms with Crippen LogP contribution >= 0.6 is 0 Å². The number of aliphatic hydroxyl groups excluding tert-OH is 4. The van der Waals surface area contributed by atoms with Gasteiger partial charge in [0.15, 0.2) is 6.29 Å². The summed E-state index contributed by atoms with van der Waals surface area (Å²) >= 11 is 0. The molecule has 1 fully saturated rings. The van der Waals surface area contributed by atoms with Crippen LogP contribution in [0.25, 0.3) is 10.4 Å². The number of hydrogen-bond donors (Lipinski definition) is 4. The Morgan fingerprint density at radius 1 is 0.905 bits per heavy atom. The molecular weight excluding hydrogens is 542 g/mol. The van der Waals surface area contributed by atoms with Crippen LogP contribution in [0.1, 0.15) is 107 Å². The Labute approximate surface area is 249 Å². The lowest BCUT2D eigenvalue weighted by molar-refractivity contribution is -0.302. The monoisotopic (exact) mass is 593 g/mol. The predicted octanol–water partition coefficient (Wildman–Crippen LogP) is 5.19. The minimum Gasteiger partial charge on any atom is -0.458 e. The molecular formula is C31H51N3O8. The lowest BCUT2D eigenvalue weighted by Gasteiger charge is -2.40. The van der Waals surface area contributed by atoms with Crippen LogP contribution in [0.15, 0.2) is 35.4 Å². The van der Waals surface area contributed by atoms with E-state index >= 15 is 0 Å². The van der Waals surface area contributed by atoms with Gasteiger partial charge in [-0.2, -0.15) is 0 Å². The van der Waals surface area contributed by atoms with Crippen LogP contribution in [0.3, 0.4) is 0 Å². The molecule has 42 heavy (non-hydrogen) atoms. The maximum Gasteiger partial charge on any atom is 0.338 e. The molecule has 1 saturated heterocycles. The second-order valence-corrected chi connectivity index (χ2v) is 11.1. The van der Waals surface area contributed by atoms with Gasteiger partial charge in [-0.1, -0.05) is 107 Å². The third-order valence-electron chi connectivity index (χ3n) is 7.77. The molecule has 1 aromatic rings. The van der Waals surface area contributed by atoms with Crippen LogP contribution in [-0.2, 0) is 14.2 Å². The van der Waals surface area contributed by atoms with Crippen LogP contribution in [0.2, 0.25) is 0 Å². The number of nitrogens with zero attached hydrogens (tertiary/aromatic N) is 3. The summed E-state index contributed by atoms with van der Waals surface area (Å²) in [4.78, 5) is 15.8. The van der Waals surface area contributed by atoms with E-state index in [1.165, 1.54) is 57.8 Å². The molecule has 0 radical (unpaired) electrons. The largest absolute Gasteiger partial charge is 0.458 e. The summed E-state index contributed by atoms with van der Waals surface area (Å²) < 4.78 is 16.8. The third kappa shape index (κ3) is 13.0. The Kier molecular flexibility index (Phi) is 18.4. The van der Waals surface area contributed by atoms with Crippen LogP contribution in [0.4, 0.5) is 0 Å². The molecule has 0 spiro atoms. The van der Waals surface area contributed by atoms with Crippen LogP contribution in [0.5, 0.6) is 0 Å². The molecule has 1 unspecified atom stereocenters. The Hall–Kier alpha value is -2.24. The highest BCUT2D eigenvalue weighted by molar-refractivity contribution is 5.89. The molecule has 238 valence electrons. The van der Waals surface area contributed by atoms with Gasteiger partial charge in [0.25, 0.3) is 0 Å². The summed E-state index contributed by atoms with van der Waals surface area (Å²) in [5.41, 5.74) is 9.61. The topological polar surface area (TPSA) is 174 Å². The predicted molar refractivity (Wildman–Crippen MR) is 159 cm³/mol. The second kappa shape index (κ2) is 21.4. The van der Waals surface area contributed by atoms with Gasteiger partial charge in [0.2, 0.25) is 0 Å². The molecule has 0 aromatic heterocycles. The summed E-state index contributed by atoms with van der Waals surface area (Å²) in [7, 11) is 0. The number of carbonyl (C=O) groups is 1. The van der Waals surface area contributed by atoms with Crippen molar-refractivity contribution in [2.24, 2.45) is 5.11 Å². The molecule has 1 aliphatic rings. The van der Waals surface area contributed by atoms with E-state index in [9.17, 15) is 30.8 Å². The molecule has 11 nitrogen and oxygen atoms in total. The minimum atomic E-state index is -1.60. The van der Waals surface area contributed by atoms with Crippen molar-refractivity contribution >= 4 is 5.97 Å². The van der Waals surface area contributed by atoms with Gasteiger partial charge in [-0.15, -0.1) is 0 Å². The Balaban J connectivity index is 1.88. The van der Waals surface area contributed by atoms with E-state index in [1.54, 1.807) is 30.3 Å². The molecule has 4 N–H and O–H groups in total. The van der Waals surface area contributed by atoms with Gasteiger partial charge in [0.05, 0.1) is 24.8 Å². The van der Waals surface area contributed by atoms with Crippen molar-refractivity contribution in [1.82, 2.24) is 0 Å². The Morgan fingerprint density at radius 2 is 1.48 bits per heavy atom. The van der Waals surface area contributed by atoms with Gasteiger partial charge in [-0.25, -0.2) is 4.79 Å². The first-order chi connectivity index (χ1) is 20.4. The zero-order chi connectivity index (χ0) is 30.6. The highest BCUT2D eigenvalue weighted by Crippen LogP contribution is 2.24. The molecule has 0 saturated carbocycles. The zero-order valence-electron chi connectivity index (χ0n) is 25.0. The van der Waals surface area contributed by atoms with Crippen molar-refractivity contribution in [3.8, 4) is 0 Å². The number of hydrogen-bond acceptors (Lipinski definition) is 9. The first-order valence-corrected chi connectivity index (χ1v) is 15.6. The average Bonchev–Trinajstić information content (AvgIpc) is 3.01. The van der Waals surface area contributed by atoms with Crippen LogP contribution in [0, 0.1) is 0 Å². The molecule has 2 rings (SSSR count). The van der Waals surface area contributed by atoms with E-state index in [2.05, 4.69) is 16.9 Å². The first-order valence-electron chi connectivity index (χ1n) is 15.6. The van der Waals surface area contributed by atoms with E-state index < -0.39 is 55.4 Å². The number of ether oxygens (including phenoxy) is 3. The van der Waals surface area contributed by atoms with Gasteiger partial charge in [-0.05, 0) is 30.5 Å². The van der Waals surface area contributed by atoms with E-state index in [1.807, 2.05) is 0 Å². The smallest absolute Gasteiger partial charge is 0.338 e. The molecule has 1 aromatic carbocycles. The van der Waals surface area contributed by atoms with Crippen molar-refractivity contribution < 1.29 is 39.4 Å². The second-order valence-electron chi connectivity index (χ2n) is 11.1. The van der Waals surface area contributed by atoms with Crippen molar-refractivity contribution in [2.75, 3.05) is 13.2 Å². The van der Waals surface area contributed by atoms with Crippen molar-refractivity contribution in [1.29, 1.82) is 0 Å². The van der Waals surface area contributed by atoms with E-state index in [0.29, 0.717) is 12.0 Å². The number of esters is 1. The molecule has 1 aliphatic heterocycles. The highest BCUT2D eigenvalue weighted by atomic mass is 16.7. The first kappa shape index (κ1) is 36.0. The fourth-order valence-corrected chi connectivity index (χ4v) is 5.15.